The van der Waals surface area contributed by atoms with E-state index in [9.17, 15) is 0 Å². The Bertz CT molecular complexity index is 349. The number of hydrogen-bond donors (Lipinski definition) is 1. The van der Waals surface area contributed by atoms with Crippen LogP contribution in [-0.2, 0) is 4.74 Å². The first-order chi connectivity index (χ1) is 8.69. The molecule has 0 saturated heterocycles. The van der Waals surface area contributed by atoms with Gasteiger partial charge in [0.05, 0.1) is 0 Å². The van der Waals surface area contributed by atoms with Crippen molar-refractivity contribution in [3.8, 4) is 0 Å². The highest BCUT2D eigenvalue weighted by molar-refractivity contribution is 5.31. The van der Waals surface area contributed by atoms with Crippen LogP contribution in [0.5, 0.6) is 0 Å². The highest BCUT2D eigenvalue weighted by Gasteiger charge is 2.10. The summed E-state index contributed by atoms with van der Waals surface area (Å²) in [5, 5.41) is 3.54. The van der Waals surface area contributed by atoms with E-state index in [0.29, 0.717) is 6.04 Å². The number of hydrogen-bond acceptors (Lipinski definition) is 2. The molecule has 0 spiro atoms. The molecule has 0 amide bonds. The van der Waals surface area contributed by atoms with E-state index in [1.54, 1.807) is 0 Å². The molecule has 2 nitrogen and oxygen atoms in total. The van der Waals surface area contributed by atoms with Crippen molar-refractivity contribution in [3.63, 3.8) is 0 Å². The van der Waals surface area contributed by atoms with Crippen molar-refractivity contribution in [1.29, 1.82) is 0 Å². The fourth-order valence-electron chi connectivity index (χ4n) is 2.06. The summed E-state index contributed by atoms with van der Waals surface area (Å²) in [6, 6.07) is 7.14. The molecule has 0 fully saturated rings. The first-order valence-electron chi connectivity index (χ1n) is 7.07. The van der Waals surface area contributed by atoms with Crippen LogP contribution in [0.2, 0.25) is 0 Å². The molecule has 1 aromatic carbocycles. The van der Waals surface area contributed by atoms with Gasteiger partial charge in [-0.1, -0.05) is 32.0 Å². The lowest BCUT2D eigenvalue weighted by atomic mass is 9.99. The predicted molar refractivity (Wildman–Crippen MR) is 78.1 cm³/mol. The van der Waals surface area contributed by atoms with Crippen LogP contribution in [0.25, 0.3) is 0 Å². The zero-order chi connectivity index (χ0) is 13.4. The summed E-state index contributed by atoms with van der Waals surface area (Å²) >= 11 is 0. The summed E-state index contributed by atoms with van der Waals surface area (Å²) in [5.41, 5.74) is 4.10. The topological polar surface area (TPSA) is 21.3 Å². The van der Waals surface area contributed by atoms with Crippen LogP contribution in [-0.4, -0.2) is 19.8 Å². The predicted octanol–water partition coefficient (Wildman–Crippen LogP) is 3.77. The van der Waals surface area contributed by atoms with Crippen LogP contribution >= 0.6 is 0 Å². The van der Waals surface area contributed by atoms with Crippen LogP contribution in [0.15, 0.2) is 18.2 Å². The molecule has 1 aromatic rings. The van der Waals surface area contributed by atoms with Gasteiger partial charge in [0.1, 0.15) is 0 Å². The van der Waals surface area contributed by atoms with Crippen molar-refractivity contribution in [2.24, 2.45) is 0 Å². The number of aryl methyl sites for hydroxylation is 2. The average Bonchev–Trinajstić information content (AvgIpc) is 2.37. The third-order valence-electron chi connectivity index (χ3n) is 3.28. The monoisotopic (exact) mass is 249 g/mol. The second-order valence-corrected chi connectivity index (χ2v) is 4.86. The van der Waals surface area contributed by atoms with E-state index in [4.69, 9.17) is 4.74 Å². The minimum absolute atomic E-state index is 0.408. The van der Waals surface area contributed by atoms with E-state index < -0.39 is 0 Å². The fraction of sp³-hybridized carbons (Fsp3) is 0.625. The van der Waals surface area contributed by atoms with Crippen LogP contribution in [0.4, 0.5) is 0 Å². The van der Waals surface area contributed by atoms with Gasteiger partial charge < -0.3 is 10.1 Å². The SMILES string of the molecule is CCCOCCC(NCC)c1ccc(C)c(C)c1. The molecular weight excluding hydrogens is 222 g/mol. The van der Waals surface area contributed by atoms with E-state index in [1.807, 2.05) is 0 Å². The molecule has 1 rings (SSSR count). The summed E-state index contributed by atoms with van der Waals surface area (Å²) in [4.78, 5) is 0. The van der Waals surface area contributed by atoms with E-state index in [2.05, 4.69) is 51.2 Å². The summed E-state index contributed by atoms with van der Waals surface area (Å²) in [7, 11) is 0. The Hall–Kier alpha value is -0.860. The first-order valence-corrected chi connectivity index (χ1v) is 7.07. The molecule has 0 aliphatic rings. The van der Waals surface area contributed by atoms with Gasteiger partial charge in [-0.25, -0.2) is 0 Å². The molecule has 1 atom stereocenters. The Labute approximate surface area is 112 Å². The summed E-state index contributed by atoms with van der Waals surface area (Å²) < 4.78 is 5.60. The Morgan fingerprint density at radius 2 is 1.89 bits per heavy atom. The molecule has 0 radical (unpaired) electrons. The summed E-state index contributed by atoms with van der Waals surface area (Å²) in [5.74, 6) is 0. The van der Waals surface area contributed by atoms with Gasteiger partial charge in [0.2, 0.25) is 0 Å². The zero-order valence-corrected chi connectivity index (χ0v) is 12.3. The van der Waals surface area contributed by atoms with Gasteiger partial charge in [-0.15, -0.1) is 0 Å². The van der Waals surface area contributed by atoms with Gasteiger partial charge in [-0.05, 0) is 49.9 Å². The van der Waals surface area contributed by atoms with Gasteiger partial charge >= 0.3 is 0 Å². The van der Waals surface area contributed by atoms with E-state index >= 15 is 0 Å². The molecule has 0 aliphatic carbocycles. The second kappa shape index (κ2) is 8.28. The van der Waals surface area contributed by atoms with Crippen molar-refractivity contribution in [2.45, 2.75) is 46.6 Å². The Kier molecular flexibility index (Phi) is 6.99. The number of nitrogens with one attached hydrogen (secondary N) is 1. The van der Waals surface area contributed by atoms with Crippen molar-refractivity contribution < 1.29 is 4.74 Å². The third kappa shape index (κ3) is 4.79. The van der Waals surface area contributed by atoms with Crippen LogP contribution in [0, 0.1) is 13.8 Å². The lowest BCUT2D eigenvalue weighted by molar-refractivity contribution is 0.124. The zero-order valence-electron chi connectivity index (χ0n) is 12.3. The lowest BCUT2D eigenvalue weighted by Gasteiger charge is -2.19. The van der Waals surface area contributed by atoms with Crippen molar-refractivity contribution >= 4 is 0 Å². The molecule has 0 aromatic heterocycles. The van der Waals surface area contributed by atoms with Crippen molar-refractivity contribution in [2.75, 3.05) is 19.8 Å². The van der Waals surface area contributed by atoms with Crippen LogP contribution < -0.4 is 5.32 Å². The second-order valence-electron chi connectivity index (χ2n) is 4.86. The highest BCUT2D eigenvalue weighted by atomic mass is 16.5. The summed E-state index contributed by atoms with van der Waals surface area (Å²) in [6.07, 6.45) is 2.13. The largest absolute Gasteiger partial charge is 0.381 e. The maximum Gasteiger partial charge on any atom is 0.0484 e. The van der Waals surface area contributed by atoms with E-state index in [-0.39, 0.29) is 0 Å². The Morgan fingerprint density at radius 1 is 1.11 bits per heavy atom. The molecule has 0 bridgehead atoms. The van der Waals surface area contributed by atoms with Gasteiger partial charge in [0, 0.05) is 19.3 Å². The van der Waals surface area contributed by atoms with Crippen molar-refractivity contribution in [3.05, 3.63) is 34.9 Å². The maximum absolute atomic E-state index is 5.60. The van der Waals surface area contributed by atoms with Crippen LogP contribution in [0.1, 0.15) is 49.4 Å². The quantitative estimate of drug-likeness (QED) is 0.708. The Balaban J connectivity index is 2.61. The standard InChI is InChI=1S/C16H27NO/c1-5-10-18-11-9-16(17-6-2)15-8-7-13(3)14(4)12-15/h7-8,12,16-17H,5-6,9-11H2,1-4H3. The highest BCUT2D eigenvalue weighted by Crippen LogP contribution is 2.20. The first kappa shape index (κ1) is 15.2. The molecule has 18 heavy (non-hydrogen) atoms. The minimum Gasteiger partial charge on any atom is -0.381 e. The van der Waals surface area contributed by atoms with E-state index in [1.165, 1.54) is 16.7 Å². The third-order valence-corrected chi connectivity index (χ3v) is 3.28. The smallest absolute Gasteiger partial charge is 0.0484 e. The maximum atomic E-state index is 5.60. The molecule has 1 N–H and O–H groups in total. The lowest BCUT2D eigenvalue weighted by Crippen LogP contribution is -2.22. The molecule has 0 aliphatic heterocycles. The normalized spacial score (nSPS) is 12.7. The average molecular weight is 249 g/mol. The van der Waals surface area contributed by atoms with Gasteiger partial charge in [-0.2, -0.15) is 0 Å². The Morgan fingerprint density at radius 3 is 2.50 bits per heavy atom. The molecule has 2 heteroatoms. The van der Waals surface area contributed by atoms with Crippen molar-refractivity contribution in [1.82, 2.24) is 5.32 Å². The molecule has 0 heterocycles. The van der Waals surface area contributed by atoms with Gasteiger partial charge in [0.25, 0.3) is 0 Å². The van der Waals surface area contributed by atoms with E-state index in [0.717, 1.165) is 32.6 Å². The molecule has 1 unspecified atom stereocenters. The minimum atomic E-state index is 0.408. The number of ether oxygens (including phenoxy) is 1. The fourth-order valence-corrected chi connectivity index (χ4v) is 2.06. The number of benzene rings is 1. The molecule has 102 valence electrons. The van der Waals surface area contributed by atoms with Gasteiger partial charge in [-0.3, -0.25) is 0 Å². The van der Waals surface area contributed by atoms with Gasteiger partial charge in [0.15, 0.2) is 0 Å². The van der Waals surface area contributed by atoms with Crippen LogP contribution in [0.3, 0.4) is 0 Å². The number of rotatable bonds is 8. The molecule has 0 saturated carbocycles. The summed E-state index contributed by atoms with van der Waals surface area (Å²) in [6.45, 7) is 11.3. The molecular formula is C16H27NO.